The van der Waals surface area contributed by atoms with E-state index in [-0.39, 0.29) is 18.2 Å². The number of hydrogen-bond donors (Lipinski definition) is 1. The van der Waals surface area contributed by atoms with Crippen LogP contribution in [0.25, 0.3) is 0 Å². The van der Waals surface area contributed by atoms with Crippen molar-refractivity contribution in [2.75, 3.05) is 14.2 Å². The van der Waals surface area contributed by atoms with Crippen molar-refractivity contribution in [3.63, 3.8) is 0 Å². The number of hydrogen-bond acceptors (Lipinski definition) is 3. The van der Waals surface area contributed by atoms with E-state index in [0.29, 0.717) is 6.54 Å². The van der Waals surface area contributed by atoms with Crippen LogP contribution in [0.5, 0.6) is 5.75 Å². The van der Waals surface area contributed by atoms with Crippen LogP contribution in [0, 0.1) is 6.92 Å². The average molecular weight is 354 g/mol. The minimum Gasteiger partial charge on any atom is -0.497 e. The Hall–Kier alpha value is -2.82. The molecular weight excluding hydrogens is 328 g/mol. The van der Waals surface area contributed by atoms with E-state index in [2.05, 4.69) is 5.32 Å². The molecule has 0 radical (unpaired) electrons. The van der Waals surface area contributed by atoms with E-state index in [1.54, 1.807) is 26.0 Å². The molecule has 0 fully saturated rings. The molecule has 138 valence electrons. The van der Waals surface area contributed by atoms with Crippen molar-refractivity contribution in [1.29, 1.82) is 0 Å². The number of carbonyl (C=O) groups is 2. The average Bonchev–Trinajstić information content (AvgIpc) is 2.66. The smallest absolute Gasteiger partial charge is 0.242 e. The first-order valence-electron chi connectivity index (χ1n) is 8.64. The monoisotopic (exact) mass is 354 g/mol. The summed E-state index contributed by atoms with van der Waals surface area (Å²) in [6.45, 7) is 4.07. The lowest BCUT2D eigenvalue weighted by atomic mass is 10.0. The Kier molecular flexibility index (Phi) is 6.78. The first-order chi connectivity index (χ1) is 12.5. The largest absolute Gasteiger partial charge is 0.497 e. The zero-order valence-corrected chi connectivity index (χ0v) is 15.8. The lowest BCUT2D eigenvalue weighted by Gasteiger charge is -2.28. The number of aryl methyl sites for hydroxylation is 1. The summed E-state index contributed by atoms with van der Waals surface area (Å²) in [7, 11) is 3.18. The molecule has 0 aromatic heterocycles. The molecule has 0 unspecified atom stereocenters. The van der Waals surface area contributed by atoms with Gasteiger partial charge in [0.2, 0.25) is 11.8 Å². The number of nitrogens with one attached hydrogen (secondary N) is 1. The fourth-order valence-corrected chi connectivity index (χ4v) is 2.83. The molecule has 5 heteroatoms. The Labute approximate surface area is 155 Å². The van der Waals surface area contributed by atoms with Crippen molar-refractivity contribution in [3.05, 3.63) is 65.2 Å². The van der Waals surface area contributed by atoms with E-state index in [1.807, 2.05) is 55.5 Å². The number of amides is 2. The normalized spacial score (nSPS) is 11.5. The molecule has 0 aliphatic rings. The van der Waals surface area contributed by atoms with Gasteiger partial charge in [-0.25, -0.2) is 0 Å². The van der Waals surface area contributed by atoms with Crippen molar-refractivity contribution in [2.45, 2.75) is 32.9 Å². The van der Waals surface area contributed by atoms with Gasteiger partial charge in [0.15, 0.2) is 0 Å². The van der Waals surface area contributed by atoms with E-state index < -0.39 is 6.04 Å². The first-order valence-corrected chi connectivity index (χ1v) is 8.64. The summed E-state index contributed by atoms with van der Waals surface area (Å²) in [6.07, 6.45) is 0.262. The summed E-state index contributed by atoms with van der Waals surface area (Å²) in [5.74, 6) is 0.450. The maximum absolute atomic E-state index is 13.0. The Bertz CT molecular complexity index is 773. The standard InChI is InChI=1S/C21H26N2O3/c1-15-8-5-6-10-18(15)13-20(24)23(16(2)21(25)22-3)14-17-9-7-11-19(12-17)26-4/h5-12,16H,13-14H2,1-4H3,(H,22,25)/t16-/m1/s1. The highest BCUT2D eigenvalue weighted by atomic mass is 16.5. The second-order valence-corrected chi connectivity index (χ2v) is 6.27. The maximum atomic E-state index is 13.0. The van der Waals surface area contributed by atoms with Crippen LogP contribution < -0.4 is 10.1 Å². The van der Waals surface area contributed by atoms with Crippen molar-refractivity contribution < 1.29 is 14.3 Å². The van der Waals surface area contributed by atoms with Crippen LogP contribution in [0.1, 0.15) is 23.6 Å². The van der Waals surface area contributed by atoms with E-state index in [9.17, 15) is 9.59 Å². The number of carbonyl (C=O) groups excluding carboxylic acids is 2. The number of likely N-dealkylation sites (N-methyl/N-ethyl adjacent to an activating group) is 1. The van der Waals surface area contributed by atoms with Gasteiger partial charge in [-0.1, -0.05) is 36.4 Å². The second kappa shape index (κ2) is 9.04. The van der Waals surface area contributed by atoms with Crippen molar-refractivity contribution in [3.8, 4) is 5.75 Å². The molecule has 2 amide bonds. The summed E-state index contributed by atoms with van der Waals surface area (Å²) in [5.41, 5.74) is 2.95. The third-order valence-corrected chi connectivity index (χ3v) is 4.50. The topological polar surface area (TPSA) is 58.6 Å². The zero-order chi connectivity index (χ0) is 19.1. The highest BCUT2D eigenvalue weighted by molar-refractivity contribution is 5.88. The number of nitrogens with zero attached hydrogens (tertiary/aromatic N) is 1. The summed E-state index contributed by atoms with van der Waals surface area (Å²) < 4.78 is 5.25. The molecule has 1 N–H and O–H groups in total. The van der Waals surface area contributed by atoms with Gasteiger partial charge in [-0.2, -0.15) is 0 Å². The predicted molar refractivity (Wildman–Crippen MR) is 102 cm³/mol. The molecule has 26 heavy (non-hydrogen) atoms. The van der Waals surface area contributed by atoms with E-state index in [1.165, 1.54) is 0 Å². The molecule has 5 nitrogen and oxygen atoms in total. The van der Waals surface area contributed by atoms with Crippen molar-refractivity contribution in [1.82, 2.24) is 10.2 Å². The predicted octanol–water partition coefficient (Wildman–Crippen LogP) is 2.71. The van der Waals surface area contributed by atoms with Crippen molar-refractivity contribution >= 4 is 11.8 Å². The minimum absolute atomic E-state index is 0.0850. The van der Waals surface area contributed by atoms with Gasteiger partial charge in [0.05, 0.1) is 13.5 Å². The van der Waals surface area contributed by atoms with E-state index >= 15 is 0 Å². The molecular formula is C21H26N2O3. The highest BCUT2D eigenvalue weighted by Crippen LogP contribution is 2.18. The fourth-order valence-electron chi connectivity index (χ4n) is 2.83. The Morgan fingerprint density at radius 1 is 1.15 bits per heavy atom. The van der Waals surface area contributed by atoms with Gasteiger partial charge in [0.25, 0.3) is 0 Å². The minimum atomic E-state index is -0.567. The van der Waals surface area contributed by atoms with Crippen LogP contribution in [-0.2, 0) is 22.6 Å². The third kappa shape index (κ3) is 4.85. The Balaban J connectivity index is 2.26. The number of rotatable bonds is 7. The second-order valence-electron chi connectivity index (χ2n) is 6.27. The molecule has 0 heterocycles. The summed E-state index contributed by atoms with van der Waals surface area (Å²) in [5, 5.41) is 2.63. The molecule has 0 saturated carbocycles. The number of ether oxygens (including phenoxy) is 1. The molecule has 2 aromatic rings. The summed E-state index contributed by atoms with van der Waals surface area (Å²) in [6, 6.07) is 14.8. The van der Waals surface area contributed by atoms with Crippen LogP contribution >= 0.6 is 0 Å². The van der Waals surface area contributed by atoms with Gasteiger partial charge in [-0.15, -0.1) is 0 Å². The lowest BCUT2D eigenvalue weighted by Crippen LogP contribution is -2.47. The molecule has 2 rings (SSSR count). The molecule has 0 aliphatic heterocycles. The maximum Gasteiger partial charge on any atom is 0.242 e. The van der Waals surface area contributed by atoms with Crippen LogP contribution in [0.4, 0.5) is 0 Å². The van der Waals surface area contributed by atoms with Crippen LogP contribution in [0.3, 0.4) is 0 Å². The lowest BCUT2D eigenvalue weighted by molar-refractivity contribution is -0.139. The van der Waals surface area contributed by atoms with E-state index in [4.69, 9.17) is 4.74 Å². The Morgan fingerprint density at radius 2 is 1.88 bits per heavy atom. The molecule has 0 saturated heterocycles. The van der Waals surface area contributed by atoms with Crippen LogP contribution in [0.2, 0.25) is 0 Å². The fraction of sp³-hybridized carbons (Fsp3) is 0.333. The third-order valence-electron chi connectivity index (χ3n) is 4.50. The number of methoxy groups -OCH3 is 1. The quantitative estimate of drug-likeness (QED) is 0.832. The summed E-state index contributed by atoms with van der Waals surface area (Å²) >= 11 is 0. The van der Waals surface area contributed by atoms with Gasteiger partial charge in [-0.05, 0) is 42.7 Å². The summed E-state index contributed by atoms with van der Waals surface area (Å²) in [4.78, 5) is 26.8. The van der Waals surface area contributed by atoms with Gasteiger partial charge in [-0.3, -0.25) is 9.59 Å². The molecule has 0 spiro atoms. The molecule has 0 aliphatic carbocycles. The van der Waals surface area contributed by atoms with E-state index in [0.717, 1.165) is 22.4 Å². The first kappa shape index (κ1) is 19.5. The SMILES string of the molecule is CNC(=O)[C@@H](C)N(Cc1cccc(OC)c1)C(=O)Cc1ccccc1C. The molecule has 2 aromatic carbocycles. The van der Waals surface area contributed by atoms with Crippen LogP contribution in [0.15, 0.2) is 48.5 Å². The van der Waals surface area contributed by atoms with Gasteiger partial charge >= 0.3 is 0 Å². The number of benzene rings is 2. The van der Waals surface area contributed by atoms with Gasteiger partial charge in [0, 0.05) is 13.6 Å². The van der Waals surface area contributed by atoms with Gasteiger partial charge in [0.1, 0.15) is 11.8 Å². The van der Waals surface area contributed by atoms with Crippen molar-refractivity contribution in [2.24, 2.45) is 0 Å². The Morgan fingerprint density at radius 3 is 2.54 bits per heavy atom. The zero-order valence-electron chi connectivity index (χ0n) is 15.8. The molecule has 1 atom stereocenters. The highest BCUT2D eigenvalue weighted by Gasteiger charge is 2.25. The molecule has 0 bridgehead atoms. The van der Waals surface area contributed by atoms with Gasteiger partial charge < -0.3 is 15.0 Å². The van der Waals surface area contributed by atoms with Crippen LogP contribution in [-0.4, -0.2) is 36.9 Å².